The predicted octanol–water partition coefficient (Wildman–Crippen LogP) is 0.834. The molecular weight excluding hydrogens is 260 g/mol. The van der Waals surface area contributed by atoms with E-state index in [2.05, 4.69) is 5.32 Å². The topological polar surface area (TPSA) is 90.7 Å². The number of ether oxygens (including phenoxy) is 2. The number of amides is 1. The summed E-state index contributed by atoms with van der Waals surface area (Å²) in [5.74, 6) is -0.889. The number of rotatable bonds is 4. The van der Waals surface area contributed by atoms with Crippen molar-refractivity contribution < 1.29 is 19.1 Å². The summed E-state index contributed by atoms with van der Waals surface area (Å²) in [6.45, 7) is -0.375. The maximum absolute atomic E-state index is 11.7. The molecule has 0 unspecified atom stereocenters. The predicted molar refractivity (Wildman–Crippen MR) is 66.8 cm³/mol. The molecule has 1 rings (SSSR count). The minimum Gasteiger partial charge on any atom is -0.496 e. The minimum atomic E-state index is -0.711. The quantitative estimate of drug-likeness (QED) is 0.626. The van der Waals surface area contributed by atoms with Crippen LogP contribution in [-0.2, 0) is 9.53 Å². The van der Waals surface area contributed by atoms with E-state index in [0.717, 1.165) is 0 Å². The van der Waals surface area contributed by atoms with Gasteiger partial charge in [-0.25, -0.2) is 4.79 Å². The second-order valence-corrected chi connectivity index (χ2v) is 3.73. The molecule has 0 atom stereocenters. The van der Waals surface area contributed by atoms with Gasteiger partial charge in [0.25, 0.3) is 5.91 Å². The molecule has 0 saturated carbocycles. The molecule has 0 aliphatic carbocycles. The highest BCUT2D eigenvalue weighted by atomic mass is 35.5. The molecule has 0 aliphatic heterocycles. The number of halogens is 1. The summed E-state index contributed by atoms with van der Waals surface area (Å²) in [6, 6.07) is 2.75. The van der Waals surface area contributed by atoms with Crippen LogP contribution in [0.4, 0.5) is 5.69 Å². The fourth-order valence-corrected chi connectivity index (χ4v) is 1.34. The molecule has 18 heavy (non-hydrogen) atoms. The molecule has 3 N–H and O–H groups in total. The van der Waals surface area contributed by atoms with E-state index < -0.39 is 11.9 Å². The number of esters is 1. The highest BCUT2D eigenvalue weighted by Crippen LogP contribution is 2.29. The van der Waals surface area contributed by atoms with Gasteiger partial charge < -0.3 is 20.5 Å². The molecule has 0 aliphatic rings. The monoisotopic (exact) mass is 272 g/mol. The summed E-state index contributed by atoms with van der Waals surface area (Å²) in [7, 11) is 2.83. The van der Waals surface area contributed by atoms with Crippen LogP contribution in [0, 0.1) is 0 Å². The fraction of sp³-hybridized carbons (Fsp3) is 0.273. The first kappa shape index (κ1) is 14.1. The summed E-state index contributed by atoms with van der Waals surface area (Å²) in [4.78, 5) is 22.7. The zero-order valence-corrected chi connectivity index (χ0v) is 10.7. The van der Waals surface area contributed by atoms with Gasteiger partial charge in [0, 0.05) is 13.1 Å². The Kier molecular flexibility index (Phi) is 4.79. The number of nitrogens with one attached hydrogen (secondary N) is 1. The molecule has 0 radical (unpaired) electrons. The van der Waals surface area contributed by atoms with Crippen molar-refractivity contribution in [2.24, 2.45) is 0 Å². The van der Waals surface area contributed by atoms with E-state index in [1.165, 1.54) is 26.3 Å². The average Bonchev–Trinajstić information content (AvgIpc) is 2.37. The van der Waals surface area contributed by atoms with Crippen molar-refractivity contribution in [2.45, 2.75) is 0 Å². The van der Waals surface area contributed by atoms with Gasteiger partial charge in [-0.3, -0.25) is 4.79 Å². The van der Waals surface area contributed by atoms with E-state index in [0.29, 0.717) is 0 Å². The lowest BCUT2D eigenvalue weighted by molar-refractivity contribution is -0.123. The summed E-state index contributed by atoms with van der Waals surface area (Å²) < 4.78 is 9.78. The van der Waals surface area contributed by atoms with Crippen molar-refractivity contribution in [3.05, 3.63) is 22.7 Å². The van der Waals surface area contributed by atoms with Crippen molar-refractivity contribution in [1.29, 1.82) is 0 Å². The number of methoxy groups -OCH3 is 1. The number of hydrogen-bond acceptors (Lipinski definition) is 5. The molecule has 0 fully saturated rings. The Balaban J connectivity index is 2.91. The summed E-state index contributed by atoms with van der Waals surface area (Å²) in [6.07, 6.45) is 0. The van der Waals surface area contributed by atoms with Crippen LogP contribution in [0.15, 0.2) is 12.1 Å². The maximum Gasteiger partial charge on any atom is 0.342 e. The van der Waals surface area contributed by atoms with E-state index in [1.807, 2.05) is 0 Å². The van der Waals surface area contributed by atoms with E-state index >= 15 is 0 Å². The van der Waals surface area contributed by atoms with Crippen LogP contribution in [0.2, 0.25) is 5.02 Å². The molecule has 0 heterocycles. The molecular formula is C11H13ClN2O4. The maximum atomic E-state index is 11.7. The molecule has 0 aromatic heterocycles. The van der Waals surface area contributed by atoms with Crippen molar-refractivity contribution in [3.63, 3.8) is 0 Å². The molecule has 0 saturated heterocycles. The molecule has 0 spiro atoms. The van der Waals surface area contributed by atoms with Crippen LogP contribution >= 0.6 is 11.6 Å². The second-order valence-electron chi connectivity index (χ2n) is 3.32. The number of likely N-dealkylation sites (N-methyl/N-ethyl adjacent to an activating group) is 1. The van der Waals surface area contributed by atoms with Crippen LogP contribution in [0.3, 0.4) is 0 Å². The molecule has 1 aromatic rings. The van der Waals surface area contributed by atoms with Gasteiger partial charge in [0.15, 0.2) is 6.61 Å². The summed E-state index contributed by atoms with van der Waals surface area (Å²) in [5, 5.41) is 2.54. The molecule has 1 aromatic carbocycles. The third-order valence-electron chi connectivity index (χ3n) is 2.15. The lowest BCUT2D eigenvalue weighted by Gasteiger charge is -2.10. The molecule has 6 nitrogen and oxygen atoms in total. The highest BCUT2D eigenvalue weighted by Gasteiger charge is 2.17. The number of benzene rings is 1. The van der Waals surface area contributed by atoms with E-state index in [4.69, 9.17) is 26.8 Å². The molecule has 0 bridgehead atoms. The number of hydrogen-bond donors (Lipinski definition) is 2. The first-order valence-electron chi connectivity index (χ1n) is 5.00. The molecule has 1 amide bonds. The average molecular weight is 273 g/mol. The van der Waals surface area contributed by atoms with Gasteiger partial charge in [-0.1, -0.05) is 11.6 Å². The van der Waals surface area contributed by atoms with Crippen molar-refractivity contribution >= 4 is 29.2 Å². The van der Waals surface area contributed by atoms with E-state index in [-0.39, 0.29) is 28.6 Å². The Labute approximate surface area is 109 Å². The standard InChI is InChI=1S/C11H13ClN2O4/c1-14-10(15)5-18-11(16)6-3-7(12)8(13)4-9(6)17-2/h3-4H,5,13H2,1-2H3,(H,14,15). The Hall–Kier alpha value is -1.95. The van der Waals surface area contributed by atoms with Crippen LogP contribution in [-0.4, -0.2) is 32.6 Å². The molecule has 98 valence electrons. The van der Waals surface area contributed by atoms with Crippen molar-refractivity contribution in [1.82, 2.24) is 5.32 Å². The van der Waals surface area contributed by atoms with Gasteiger partial charge in [-0.05, 0) is 6.07 Å². The lowest BCUT2D eigenvalue weighted by Crippen LogP contribution is -2.25. The Bertz CT molecular complexity index is 476. The number of nitrogen functional groups attached to an aromatic ring is 1. The van der Waals surface area contributed by atoms with Gasteiger partial charge in [0.1, 0.15) is 11.3 Å². The first-order chi connectivity index (χ1) is 8.49. The highest BCUT2D eigenvalue weighted by molar-refractivity contribution is 6.33. The van der Waals surface area contributed by atoms with Gasteiger partial charge in [-0.15, -0.1) is 0 Å². The third kappa shape index (κ3) is 3.27. The van der Waals surface area contributed by atoms with Crippen molar-refractivity contribution in [2.75, 3.05) is 26.5 Å². The Morgan fingerprint density at radius 3 is 2.67 bits per heavy atom. The SMILES string of the molecule is CNC(=O)COC(=O)c1cc(Cl)c(N)cc1OC. The Morgan fingerprint density at radius 1 is 1.44 bits per heavy atom. The minimum absolute atomic E-state index is 0.112. The lowest BCUT2D eigenvalue weighted by atomic mass is 10.2. The van der Waals surface area contributed by atoms with Crippen LogP contribution in [0.25, 0.3) is 0 Å². The summed E-state index contributed by atoms with van der Waals surface area (Å²) in [5.41, 5.74) is 5.98. The smallest absolute Gasteiger partial charge is 0.342 e. The Morgan fingerprint density at radius 2 is 2.11 bits per heavy atom. The number of carbonyl (C=O) groups excluding carboxylic acids is 2. The van der Waals surface area contributed by atoms with Crippen molar-refractivity contribution in [3.8, 4) is 5.75 Å². The van der Waals surface area contributed by atoms with Gasteiger partial charge >= 0.3 is 5.97 Å². The number of anilines is 1. The third-order valence-corrected chi connectivity index (χ3v) is 2.48. The van der Waals surface area contributed by atoms with E-state index in [1.54, 1.807) is 0 Å². The molecule has 7 heteroatoms. The van der Waals surface area contributed by atoms with Crippen LogP contribution in [0.1, 0.15) is 10.4 Å². The second kappa shape index (κ2) is 6.11. The largest absolute Gasteiger partial charge is 0.496 e. The van der Waals surface area contributed by atoms with Crippen LogP contribution in [0.5, 0.6) is 5.75 Å². The first-order valence-corrected chi connectivity index (χ1v) is 5.38. The van der Waals surface area contributed by atoms with Gasteiger partial charge in [-0.2, -0.15) is 0 Å². The van der Waals surface area contributed by atoms with E-state index in [9.17, 15) is 9.59 Å². The normalized spacial score (nSPS) is 9.72. The number of carbonyl (C=O) groups is 2. The van der Waals surface area contributed by atoms with Gasteiger partial charge in [0.2, 0.25) is 0 Å². The zero-order valence-electron chi connectivity index (χ0n) is 9.95. The zero-order chi connectivity index (χ0) is 13.7. The van der Waals surface area contributed by atoms with Gasteiger partial charge in [0.05, 0.1) is 17.8 Å². The van der Waals surface area contributed by atoms with Crippen LogP contribution < -0.4 is 15.8 Å². The summed E-state index contributed by atoms with van der Waals surface area (Å²) >= 11 is 5.81. The fourth-order valence-electron chi connectivity index (χ4n) is 1.18. The number of nitrogens with two attached hydrogens (primary N) is 1.